The van der Waals surface area contributed by atoms with Gasteiger partial charge in [0, 0.05) is 38.2 Å². The van der Waals surface area contributed by atoms with Crippen molar-refractivity contribution in [2.45, 2.75) is 18.4 Å². The quantitative estimate of drug-likeness (QED) is 0.180. The minimum absolute atomic E-state index is 0.151. The number of furan rings is 2. The van der Waals surface area contributed by atoms with Gasteiger partial charge in [0.1, 0.15) is 34.2 Å². The summed E-state index contributed by atoms with van der Waals surface area (Å²) in [5.74, 6) is 2.55. The van der Waals surface area contributed by atoms with E-state index in [0.717, 1.165) is 93.8 Å². The SMILES string of the molecule is CC12C(c3cc(-c4nc(-c5ccc6ccccc6c5)nc(-c5cccc6c5oc5ccccc56)n4)c4c(c3)oc3ccccc34)=CC=CC1Oc1ccccc12. The third kappa shape index (κ3) is 4.47. The molecule has 6 heteroatoms. The Morgan fingerprint density at radius 2 is 1.25 bits per heavy atom. The van der Waals surface area contributed by atoms with Gasteiger partial charge in [0.25, 0.3) is 0 Å². The summed E-state index contributed by atoms with van der Waals surface area (Å²) >= 11 is 0. The fourth-order valence-corrected chi connectivity index (χ4v) is 8.94. The van der Waals surface area contributed by atoms with Crippen LogP contribution in [0, 0.1) is 0 Å². The van der Waals surface area contributed by atoms with E-state index < -0.39 is 5.41 Å². The van der Waals surface area contributed by atoms with E-state index in [9.17, 15) is 0 Å². The molecule has 6 nitrogen and oxygen atoms in total. The Balaban J connectivity index is 1.15. The van der Waals surface area contributed by atoms with E-state index in [1.54, 1.807) is 0 Å². The number of nitrogens with zero attached hydrogens (tertiary/aromatic N) is 3. The van der Waals surface area contributed by atoms with Crippen LogP contribution in [0.4, 0.5) is 0 Å². The van der Waals surface area contributed by atoms with Crippen molar-refractivity contribution in [2.24, 2.45) is 0 Å². The van der Waals surface area contributed by atoms with E-state index in [0.29, 0.717) is 17.5 Å². The number of allylic oxidation sites excluding steroid dienone is 2. The number of fused-ring (bicyclic) bond motifs is 10. The second-order valence-electron chi connectivity index (χ2n) is 14.8. The van der Waals surface area contributed by atoms with Crippen molar-refractivity contribution >= 4 is 60.2 Å². The summed E-state index contributed by atoms with van der Waals surface area (Å²) in [4.78, 5) is 15.9. The van der Waals surface area contributed by atoms with Crippen molar-refractivity contribution in [3.63, 3.8) is 0 Å². The van der Waals surface area contributed by atoms with E-state index in [1.165, 1.54) is 0 Å². The first-order valence-corrected chi connectivity index (χ1v) is 18.9. The second-order valence-corrected chi connectivity index (χ2v) is 14.8. The highest BCUT2D eigenvalue weighted by molar-refractivity contribution is 6.13. The summed E-state index contributed by atoms with van der Waals surface area (Å²) in [7, 11) is 0. The molecule has 2 aliphatic rings. The highest BCUT2D eigenvalue weighted by atomic mass is 16.5. The number of hydrogen-bond donors (Lipinski definition) is 0. The number of rotatable bonds is 4. The maximum absolute atomic E-state index is 6.67. The van der Waals surface area contributed by atoms with Crippen molar-refractivity contribution in [3.05, 3.63) is 175 Å². The zero-order valence-electron chi connectivity index (χ0n) is 30.2. The number of ether oxygens (including phenoxy) is 1. The third-order valence-electron chi connectivity index (χ3n) is 11.7. The summed E-state index contributed by atoms with van der Waals surface area (Å²) in [6.45, 7) is 2.27. The topological polar surface area (TPSA) is 74.2 Å². The van der Waals surface area contributed by atoms with Gasteiger partial charge in [0.2, 0.25) is 0 Å². The van der Waals surface area contributed by atoms with Gasteiger partial charge in [-0.2, -0.15) is 0 Å². The lowest BCUT2D eigenvalue weighted by Crippen LogP contribution is -2.36. The van der Waals surface area contributed by atoms with Crippen LogP contribution in [0.1, 0.15) is 18.1 Å². The molecule has 56 heavy (non-hydrogen) atoms. The van der Waals surface area contributed by atoms with Gasteiger partial charge < -0.3 is 13.6 Å². The average Bonchev–Trinajstić information content (AvgIpc) is 3.92. The van der Waals surface area contributed by atoms with Crippen molar-refractivity contribution in [2.75, 3.05) is 0 Å². The van der Waals surface area contributed by atoms with Gasteiger partial charge in [-0.3, -0.25) is 0 Å². The molecule has 2 unspecified atom stereocenters. The van der Waals surface area contributed by atoms with Crippen LogP contribution in [0.5, 0.6) is 5.75 Å². The van der Waals surface area contributed by atoms with Crippen molar-refractivity contribution in [1.29, 1.82) is 0 Å². The Labute approximate surface area is 321 Å². The molecule has 0 N–H and O–H groups in total. The summed E-state index contributed by atoms with van der Waals surface area (Å²) in [5, 5.41) is 6.26. The van der Waals surface area contributed by atoms with Crippen LogP contribution in [0.2, 0.25) is 0 Å². The molecule has 0 saturated carbocycles. The maximum atomic E-state index is 6.67. The molecule has 0 spiro atoms. The minimum Gasteiger partial charge on any atom is -0.485 e. The monoisotopic (exact) mass is 721 g/mol. The smallest absolute Gasteiger partial charge is 0.167 e. The summed E-state index contributed by atoms with van der Waals surface area (Å²) < 4.78 is 19.7. The van der Waals surface area contributed by atoms with Gasteiger partial charge in [0.15, 0.2) is 17.5 Å². The molecule has 10 aromatic rings. The van der Waals surface area contributed by atoms with Gasteiger partial charge in [0.05, 0.1) is 11.0 Å². The van der Waals surface area contributed by atoms with Gasteiger partial charge >= 0.3 is 0 Å². The Bertz CT molecular complexity index is 3330. The summed E-state index contributed by atoms with van der Waals surface area (Å²) in [6, 6.07) is 49.9. The van der Waals surface area contributed by atoms with Gasteiger partial charge in [-0.05, 0) is 77.4 Å². The predicted molar refractivity (Wildman–Crippen MR) is 224 cm³/mol. The standard InChI is InChI=1S/C50H31N3O3/c1-50-38(19-11-23-44(50)55-42-22-9-6-18-39(42)50)32-27-37(45-35-15-5-8-21-41(35)54-43(45)28-32)49-52-47(31-25-24-29-12-2-3-13-30(29)26-31)51-48(53-49)36-17-10-16-34-33-14-4-7-20-40(33)56-46(34)36/h2-28,44H,1H3. The molecule has 264 valence electrons. The molecule has 1 aliphatic heterocycles. The van der Waals surface area contributed by atoms with Crippen LogP contribution < -0.4 is 4.74 Å². The Morgan fingerprint density at radius 1 is 0.536 bits per heavy atom. The first-order valence-electron chi connectivity index (χ1n) is 18.9. The van der Waals surface area contributed by atoms with Crippen LogP contribution in [-0.4, -0.2) is 21.1 Å². The van der Waals surface area contributed by atoms with E-state index in [4.69, 9.17) is 28.5 Å². The number of para-hydroxylation sites is 4. The van der Waals surface area contributed by atoms with E-state index >= 15 is 0 Å². The molecule has 0 saturated heterocycles. The molecule has 0 bridgehead atoms. The van der Waals surface area contributed by atoms with Gasteiger partial charge in [-0.15, -0.1) is 0 Å². The van der Waals surface area contributed by atoms with Crippen LogP contribution in [0.3, 0.4) is 0 Å². The number of hydrogen-bond acceptors (Lipinski definition) is 6. The Morgan fingerprint density at radius 3 is 2.14 bits per heavy atom. The predicted octanol–water partition coefficient (Wildman–Crippen LogP) is 12.5. The van der Waals surface area contributed by atoms with Crippen molar-refractivity contribution in [1.82, 2.24) is 15.0 Å². The Hall–Kier alpha value is -7.31. The largest absolute Gasteiger partial charge is 0.485 e. The normalized spacial score (nSPS) is 17.4. The minimum atomic E-state index is -0.431. The zero-order valence-corrected chi connectivity index (χ0v) is 30.2. The van der Waals surface area contributed by atoms with E-state index in [1.807, 2.05) is 54.6 Å². The van der Waals surface area contributed by atoms with Crippen LogP contribution in [0.15, 0.2) is 173 Å². The first kappa shape index (κ1) is 31.1. The molecular formula is C50H31N3O3. The third-order valence-corrected chi connectivity index (χ3v) is 11.7. The highest BCUT2D eigenvalue weighted by Gasteiger charge is 2.48. The average molecular weight is 722 g/mol. The summed E-state index contributed by atoms with van der Waals surface area (Å²) in [5.41, 5.74) is 8.53. The fraction of sp³-hybridized carbons (Fsp3) is 0.0600. The molecule has 4 heterocycles. The highest BCUT2D eigenvalue weighted by Crippen LogP contribution is 2.53. The van der Waals surface area contributed by atoms with Crippen LogP contribution >= 0.6 is 0 Å². The molecule has 7 aromatic carbocycles. The lowest BCUT2D eigenvalue weighted by atomic mass is 9.68. The second kappa shape index (κ2) is 11.6. The molecule has 2 atom stereocenters. The van der Waals surface area contributed by atoms with E-state index in [-0.39, 0.29) is 6.10 Å². The molecular weight excluding hydrogens is 691 g/mol. The van der Waals surface area contributed by atoms with Crippen molar-refractivity contribution < 1.29 is 13.6 Å². The first-order chi connectivity index (χ1) is 27.6. The number of benzene rings is 7. The fourth-order valence-electron chi connectivity index (χ4n) is 8.94. The van der Waals surface area contributed by atoms with E-state index in [2.05, 4.69) is 116 Å². The summed E-state index contributed by atoms with van der Waals surface area (Å²) in [6.07, 6.45) is 6.30. The molecule has 12 rings (SSSR count). The zero-order chi connectivity index (χ0) is 37.0. The molecule has 0 radical (unpaired) electrons. The van der Waals surface area contributed by atoms with Crippen LogP contribution in [-0.2, 0) is 5.41 Å². The molecule has 0 amide bonds. The van der Waals surface area contributed by atoms with Gasteiger partial charge in [-0.1, -0.05) is 115 Å². The number of aromatic nitrogens is 3. The van der Waals surface area contributed by atoms with Gasteiger partial charge in [-0.25, -0.2) is 15.0 Å². The lowest BCUT2D eigenvalue weighted by Gasteiger charge is -2.34. The molecule has 3 aromatic heterocycles. The maximum Gasteiger partial charge on any atom is 0.167 e. The lowest BCUT2D eigenvalue weighted by molar-refractivity contribution is 0.233. The van der Waals surface area contributed by atoms with Crippen molar-refractivity contribution in [3.8, 4) is 39.9 Å². The van der Waals surface area contributed by atoms with Crippen LogP contribution in [0.25, 0.3) is 94.4 Å². The Kier molecular flexibility index (Phi) is 6.44. The molecule has 1 aliphatic carbocycles. The molecule has 0 fully saturated rings.